The lowest BCUT2D eigenvalue weighted by atomic mass is 10.1. The summed E-state index contributed by atoms with van der Waals surface area (Å²) in [5.74, 6) is -1.16. The minimum atomic E-state index is -4.86. The van der Waals surface area contributed by atoms with Crippen molar-refractivity contribution < 1.29 is 54.2 Å². The van der Waals surface area contributed by atoms with Crippen LogP contribution in [0.4, 0.5) is 29.3 Å². The number of hydrogen-bond donors (Lipinski definition) is 2. The molecule has 2 aromatic carbocycles. The van der Waals surface area contributed by atoms with Crippen molar-refractivity contribution in [2.24, 2.45) is 0 Å². The molecule has 11 nitrogen and oxygen atoms in total. The molecule has 0 radical (unpaired) electrons. The van der Waals surface area contributed by atoms with E-state index in [1.165, 1.54) is 30.3 Å². The number of nitrogens with zero attached hydrogens (tertiary/aromatic N) is 1. The standard InChI is InChI=1S/C23H25F3N2O9S2/c1-22(2,23(24,25)26)37-21(31)27-14-7-9-19-18(11-14)28(13-15(36-19)8-10-20(29)30)39(34,35)17-6-4-5-16(12-17)38(3,32)33/h4-7,9,11-12,15H,8,10,13H2,1-3H3,(H,27,31)(H,29,30)/t15-/m0/s1. The zero-order chi connectivity index (χ0) is 29.4. The second kappa shape index (κ2) is 10.6. The van der Waals surface area contributed by atoms with Gasteiger partial charge in [-0.1, -0.05) is 6.07 Å². The summed E-state index contributed by atoms with van der Waals surface area (Å²) in [4.78, 5) is 22.6. The van der Waals surface area contributed by atoms with Gasteiger partial charge in [-0.05, 0) is 56.7 Å². The van der Waals surface area contributed by atoms with Gasteiger partial charge in [0, 0.05) is 18.4 Å². The smallest absolute Gasteiger partial charge is 0.427 e. The summed E-state index contributed by atoms with van der Waals surface area (Å²) in [7, 11) is -8.24. The molecule has 0 saturated heterocycles. The zero-order valence-electron chi connectivity index (χ0n) is 20.9. The Bertz CT molecular complexity index is 1490. The van der Waals surface area contributed by atoms with Gasteiger partial charge in [0.05, 0.1) is 22.0 Å². The number of aliphatic carboxylic acids is 1. The average molecular weight is 595 g/mol. The minimum absolute atomic E-state index is 0.0194. The van der Waals surface area contributed by atoms with Gasteiger partial charge < -0.3 is 14.6 Å². The summed E-state index contributed by atoms with van der Waals surface area (Å²) in [6.45, 7) is 0.938. The highest BCUT2D eigenvalue weighted by atomic mass is 32.2. The van der Waals surface area contributed by atoms with Crippen LogP contribution in [0.1, 0.15) is 26.7 Å². The van der Waals surface area contributed by atoms with Crippen molar-refractivity contribution in [1.82, 2.24) is 0 Å². The zero-order valence-corrected chi connectivity index (χ0v) is 22.5. The van der Waals surface area contributed by atoms with Gasteiger partial charge in [0.25, 0.3) is 10.0 Å². The van der Waals surface area contributed by atoms with Crippen LogP contribution in [-0.4, -0.2) is 64.7 Å². The highest BCUT2D eigenvalue weighted by molar-refractivity contribution is 7.93. The van der Waals surface area contributed by atoms with E-state index in [2.05, 4.69) is 10.1 Å². The molecule has 39 heavy (non-hydrogen) atoms. The Morgan fingerprint density at radius 3 is 2.33 bits per heavy atom. The number of amides is 1. The molecule has 1 heterocycles. The van der Waals surface area contributed by atoms with Crippen molar-refractivity contribution in [2.75, 3.05) is 22.4 Å². The monoisotopic (exact) mass is 594 g/mol. The van der Waals surface area contributed by atoms with Crippen LogP contribution in [0.5, 0.6) is 5.75 Å². The van der Waals surface area contributed by atoms with Crippen molar-refractivity contribution in [3.05, 3.63) is 42.5 Å². The van der Waals surface area contributed by atoms with Crippen LogP contribution >= 0.6 is 0 Å². The van der Waals surface area contributed by atoms with Gasteiger partial charge in [-0.25, -0.2) is 21.6 Å². The summed E-state index contributed by atoms with van der Waals surface area (Å²) < 4.78 is 102. The van der Waals surface area contributed by atoms with E-state index in [4.69, 9.17) is 9.84 Å². The number of nitrogens with one attached hydrogen (secondary N) is 1. The number of carboxylic acid groups (broad SMARTS) is 1. The first-order valence-electron chi connectivity index (χ1n) is 11.2. The van der Waals surface area contributed by atoms with E-state index < -0.39 is 49.8 Å². The molecule has 1 amide bonds. The van der Waals surface area contributed by atoms with E-state index in [1.807, 2.05) is 0 Å². The van der Waals surface area contributed by atoms with Gasteiger partial charge in [0.2, 0.25) is 5.60 Å². The highest BCUT2D eigenvalue weighted by Crippen LogP contribution is 2.40. The van der Waals surface area contributed by atoms with Crippen molar-refractivity contribution in [3.63, 3.8) is 0 Å². The number of rotatable bonds is 8. The quantitative estimate of drug-likeness (QED) is 0.464. The number of ether oxygens (including phenoxy) is 2. The Morgan fingerprint density at radius 1 is 1.10 bits per heavy atom. The molecule has 0 spiro atoms. The third-order valence-electron chi connectivity index (χ3n) is 5.67. The van der Waals surface area contributed by atoms with Crippen LogP contribution in [0, 0.1) is 0 Å². The summed E-state index contributed by atoms with van der Waals surface area (Å²) in [5, 5.41) is 11.2. The molecule has 2 aromatic rings. The van der Waals surface area contributed by atoms with Crippen LogP contribution in [0.3, 0.4) is 0 Å². The first kappa shape index (κ1) is 30.0. The Morgan fingerprint density at radius 2 is 1.74 bits per heavy atom. The topological polar surface area (TPSA) is 156 Å². The molecule has 2 N–H and O–H groups in total. The fourth-order valence-electron chi connectivity index (χ4n) is 3.48. The second-order valence-corrected chi connectivity index (χ2v) is 13.0. The van der Waals surface area contributed by atoms with Crippen LogP contribution in [-0.2, 0) is 29.4 Å². The maximum absolute atomic E-state index is 13.7. The van der Waals surface area contributed by atoms with E-state index in [0.717, 1.165) is 22.7 Å². The van der Waals surface area contributed by atoms with E-state index in [-0.39, 0.29) is 46.3 Å². The number of hydrogen-bond acceptors (Lipinski definition) is 8. The predicted octanol–water partition coefficient (Wildman–Crippen LogP) is 3.80. The second-order valence-electron chi connectivity index (χ2n) is 9.16. The number of anilines is 2. The first-order valence-corrected chi connectivity index (χ1v) is 14.6. The average Bonchev–Trinajstić information content (AvgIpc) is 2.80. The summed E-state index contributed by atoms with van der Waals surface area (Å²) in [5.41, 5.74) is -3.07. The SMILES string of the molecule is CC(C)(OC(=O)Nc1ccc2c(c1)N(S(=O)(=O)c1cccc(S(C)(=O)=O)c1)C[C@H](CCC(=O)O)O2)C(F)(F)F. The molecule has 1 aliphatic heterocycles. The van der Waals surface area contributed by atoms with E-state index in [9.17, 15) is 39.6 Å². The number of fused-ring (bicyclic) bond motifs is 1. The van der Waals surface area contributed by atoms with Crippen LogP contribution < -0.4 is 14.4 Å². The normalized spacial score (nSPS) is 16.2. The molecular formula is C23H25F3N2O9S2. The van der Waals surface area contributed by atoms with Gasteiger partial charge in [-0.3, -0.25) is 14.4 Å². The summed E-state index contributed by atoms with van der Waals surface area (Å²) in [6, 6.07) is 8.20. The lowest BCUT2D eigenvalue weighted by molar-refractivity contribution is -0.242. The molecule has 0 fully saturated rings. The van der Waals surface area contributed by atoms with Crippen LogP contribution in [0.2, 0.25) is 0 Å². The molecular weight excluding hydrogens is 569 g/mol. The number of sulfonamides is 1. The number of carboxylic acids is 1. The molecule has 0 aromatic heterocycles. The third kappa shape index (κ3) is 6.92. The summed E-state index contributed by atoms with van der Waals surface area (Å²) >= 11 is 0. The van der Waals surface area contributed by atoms with E-state index in [1.54, 1.807) is 0 Å². The molecule has 0 saturated carbocycles. The molecule has 3 rings (SSSR count). The Balaban J connectivity index is 2.01. The number of halogens is 3. The van der Waals surface area contributed by atoms with Gasteiger partial charge in [-0.2, -0.15) is 13.2 Å². The molecule has 16 heteroatoms. The predicted molar refractivity (Wildman–Crippen MR) is 132 cm³/mol. The Hall–Kier alpha value is -3.53. The van der Waals surface area contributed by atoms with Gasteiger partial charge in [0.15, 0.2) is 9.84 Å². The summed E-state index contributed by atoms with van der Waals surface area (Å²) in [6.07, 6.45) is -6.71. The Kier molecular flexibility index (Phi) is 8.13. The van der Waals surface area contributed by atoms with Gasteiger partial charge in [-0.15, -0.1) is 0 Å². The van der Waals surface area contributed by atoms with Crippen molar-refractivity contribution in [2.45, 2.75) is 54.4 Å². The van der Waals surface area contributed by atoms with Crippen molar-refractivity contribution in [3.8, 4) is 5.75 Å². The highest BCUT2D eigenvalue weighted by Gasteiger charge is 2.51. The number of carbonyl (C=O) groups is 2. The van der Waals surface area contributed by atoms with Crippen molar-refractivity contribution >= 4 is 43.3 Å². The fourth-order valence-corrected chi connectivity index (χ4v) is 5.76. The first-order chi connectivity index (χ1) is 17.8. The molecule has 1 aliphatic rings. The largest absolute Gasteiger partial charge is 0.486 e. The molecule has 0 aliphatic carbocycles. The van der Waals surface area contributed by atoms with Crippen molar-refractivity contribution in [1.29, 1.82) is 0 Å². The van der Waals surface area contributed by atoms with Crippen LogP contribution in [0.25, 0.3) is 0 Å². The van der Waals surface area contributed by atoms with E-state index >= 15 is 0 Å². The molecule has 214 valence electrons. The maximum atomic E-state index is 13.7. The fraction of sp³-hybridized carbons (Fsp3) is 0.391. The minimum Gasteiger partial charge on any atom is -0.486 e. The lowest BCUT2D eigenvalue weighted by Gasteiger charge is -2.35. The van der Waals surface area contributed by atoms with Gasteiger partial charge >= 0.3 is 18.2 Å². The van der Waals surface area contributed by atoms with Gasteiger partial charge in [0.1, 0.15) is 11.9 Å². The number of alkyl halides is 3. The molecule has 1 atom stereocenters. The number of benzene rings is 2. The Labute approximate surface area is 222 Å². The molecule has 0 unspecified atom stereocenters. The third-order valence-corrected chi connectivity index (χ3v) is 8.56. The number of carbonyl (C=O) groups excluding carboxylic acids is 1. The molecule has 0 bridgehead atoms. The lowest BCUT2D eigenvalue weighted by Crippen LogP contribution is -2.44. The van der Waals surface area contributed by atoms with E-state index in [0.29, 0.717) is 13.8 Å². The number of sulfone groups is 1. The maximum Gasteiger partial charge on any atom is 0.427 e. The van der Waals surface area contributed by atoms with Crippen LogP contribution in [0.15, 0.2) is 52.3 Å².